The van der Waals surface area contributed by atoms with Crippen molar-refractivity contribution in [2.75, 3.05) is 6.54 Å². The maximum atomic E-state index is 5.92. The van der Waals surface area contributed by atoms with Crippen LogP contribution in [0.25, 0.3) is 0 Å². The standard InChI is InChI=1S/C19H25NO/c1-3-7-16-10-12-19(13-11-16)21-15-18-9-6-5-8-17(18)14-20-4-2/h5-6,8-13,20H,3-4,7,14-15H2,1-2H3. The van der Waals surface area contributed by atoms with E-state index in [0.29, 0.717) is 6.61 Å². The molecule has 2 aromatic carbocycles. The van der Waals surface area contributed by atoms with Gasteiger partial charge in [-0.2, -0.15) is 0 Å². The zero-order valence-electron chi connectivity index (χ0n) is 13.1. The number of aryl methyl sites for hydroxylation is 1. The molecule has 21 heavy (non-hydrogen) atoms. The molecule has 0 bridgehead atoms. The van der Waals surface area contributed by atoms with Crippen molar-refractivity contribution in [2.45, 2.75) is 39.8 Å². The second-order valence-electron chi connectivity index (χ2n) is 5.23. The molecule has 0 unspecified atom stereocenters. The number of nitrogens with one attached hydrogen (secondary N) is 1. The third-order valence-corrected chi connectivity index (χ3v) is 3.54. The second-order valence-corrected chi connectivity index (χ2v) is 5.23. The molecular formula is C19H25NO. The number of benzene rings is 2. The first-order valence-corrected chi connectivity index (χ1v) is 7.82. The van der Waals surface area contributed by atoms with E-state index in [9.17, 15) is 0 Å². The summed E-state index contributed by atoms with van der Waals surface area (Å²) in [4.78, 5) is 0. The highest BCUT2D eigenvalue weighted by molar-refractivity contribution is 5.30. The molecule has 0 aliphatic carbocycles. The maximum Gasteiger partial charge on any atom is 0.119 e. The number of rotatable bonds is 8. The molecule has 2 nitrogen and oxygen atoms in total. The van der Waals surface area contributed by atoms with Crippen LogP contribution in [0.3, 0.4) is 0 Å². The van der Waals surface area contributed by atoms with Crippen LogP contribution in [0.1, 0.15) is 37.0 Å². The van der Waals surface area contributed by atoms with Gasteiger partial charge in [-0.1, -0.05) is 56.7 Å². The molecule has 0 radical (unpaired) electrons. The van der Waals surface area contributed by atoms with Crippen LogP contribution in [0.5, 0.6) is 5.75 Å². The van der Waals surface area contributed by atoms with Crippen LogP contribution in [0.15, 0.2) is 48.5 Å². The molecule has 1 N–H and O–H groups in total. The van der Waals surface area contributed by atoms with Crippen LogP contribution >= 0.6 is 0 Å². The van der Waals surface area contributed by atoms with Gasteiger partial charge in [0.15, 0.2) is 0 Å². The van der Waals surface area contributed by atoms with Crippen molar-refractivity contribution in [3.8, 4) is 5.75 Å². The Hall–Kier alpha value is -1.80. The summed E-state index contributed by atoms with van der Waals surface area (Å²) >= 11 is 0. The predicted molar refractivity (Wildman–Crippen MR) is 88.6 cm³/mol. The van der Waals surface area contributed by atoms with Crippen LogP contribution in [0.4, 0.5) is 0 Å². The van der Waals surface area contributed by atoms with E-state index in [1.165, 1.54) is 23.1 Å². The van der Waals surface area contributed by atoms with E-state index in [4.69, 9.17) is 4.74 Å². The average Bonchev–Trinajstić information content (AvgIpc) is 2.53. The minimum Gasteiger partial charge on any atom is -0.489 e. The molecule has 0 fully saturated rings. The number of hydrogen-bond acceptors (Lipinski definition) is 2. The van der Waals surface area contributed by atoms with Gasteiger partial charge in [0.1, 0.15) is 12.4 Å². The van der Waals surface area contributed by atoms with E-state index in [0.717, 1.165) is 25.3 Å². The monoisotopic (exact) mass is 283 g/mol. The van der Waals surface area contributed by atoms with E-state index < -0.39 is 0 Å². The fraction of sp³-hybridized carbons (Fsp3) is 0.368. The van der Waals surface area contributed by atoms with Crippen LogP contribution in [0.2, 0.25) is 0 Å². The lowest BCUT2D eigenvalue weighted by Gasteiger charge is -2.12. The molecule has 0 atom stereocenters. The van der Waals surface area contributed by atoms with Gasteiger partial charge < -0.3 is 10.1 Å². The summed E-state index contributed by atoms with van der Waals surface area (Å²) in [6.07, 6.45) is 2.31. The summed E-state index contributed by atoms with van der Waals surface area (Å²) in [5, 5.41) is 3.37. The summed E-state index contributed by atoms with van der Waals surface area (Å²) in [6.45, 7) is 6.82. The van der Waals surface area contributed by atoms with Crippen LogP contribution in [0, 0.1) is 0 Å². The largest absolute Gasteiger partial charge is 0.489 e. The Morgan fingerprint density at radius 2 is 1.62 bits per heavy atom. The number of hydrogen-bond donors (Lipinski definition) is 1. The number of ether oxygens (including phenoxy) is 1. The first-order chi connectivity index (χ1) is 10.3. The molecule has 0 aromatic heterocycles. The average molecular weight is 283 g/mol. The molecule has 0 aliphatic rings. The van der Waals surface area contributed by atoms with E-state index >= 15 is 0 Å². The maximum absolute atomic E-state index is 5.92. The van der Waals surface area contributed by atoms with Crippen molar-refractivity contribution in [3.05, 3.63) is 65.2 Å². The van der Waals surface area contributed by atoms with Crippen LogP contribution in [-0.2, 0) is 19.6 Å². The summed E-state index contributed by atoms with van der Waals surface area (Å²) in [6, 6.07) is 16.9. The lowest BCUT2D eigenvalue weighted by molar-refractivity contribution is 0.304. The minimum absolute atomic E-state index is 0.620. The highest BCUT2D eigenvalue weighted by atomic mass is 16.5. The van der Waals surface area contributed by atoms with Gasteiger partial charge in [-0.25, -0.2) is 0 Å². The first-order valence-electron chi connectivity index (χ1n) is 7.82. The van der Waals surface area contributed by atoms with Gasteiger partial charge in [-0.15, -0.1) is 0 Å². The normalized spacial score (nSPS) is 10.6. The molecule has 2 rings (SSSR count). The SMILES string of the molecule is CCCc1ccc(OCc2ccccc2CNCC)cc1. The van der Waals surface area contributed by atoms with Crippen molar-refractivity contribution in [3.63, 3.8) is 0 Å². The van der Waals surface area contributed by atoms with Gasteiger partial charge >= 0.3 is 0 Å². The fourth-order valence-electron chi connectivity index (χ4n) is 2.33. The van der Waals surface area contributed by atoms with Crippen LogP contribution in [-0.4, -0.2) is 6.54 Å². The highest BCUT2D eigenvalue weighted by Gasteiger charge is 2.02. The summed E-state index contributed by atoms with van der Waals surface area (Å²) in [5.41, 5.74) is 3.93. The first kappa shape index (κ1) is 15.6. The Morgan fingerprint density at radius 3 is 2.29 bits per heavy atom. The Balaban J connectivity index is 1.96. The van der Waals surface area contributed by atoms with Gasteiger partial charge in [-0.3, -0.25) is 0 Å². The molecular weight excluding hydrogens is 258 g/mol. The Kier molecular flexibility index (Phi) is 6.29. The summed E-state index contributed by atoms with van der Waals surface area (Å²) < 4.78 is 5.92. The molecule has 0 aliphatic heterocycles. The van der Waals surface area contributed by atoms with E-state index in [1.807, 2.05) is 0 Å². The Bertz CT molecular complexity index is 534. The van der Waals surface area contributed by atoms with Crippen LogP contribution < -0.4 is 10.1 Å². The van der Waals surface area contributed by atoms with E-state index in [-0.39, 0.29) is 0 Å². The molecule has 2 aromatic rings. The van der Waals surface area contributed by atoms with Gasteiger partial charge in [-0.05, 0) is 41.8 Å². The van der Waals surface area contributed by atoms with Gasteiger partial charge in [0.2, 0.25) is 0 Å². The zero-order valence-corrected chi connectivity index (χ0v) is 13.1. The van der Waals surface area contributed by atoms with Crippen molar-refractivity contribution in [1.82, 2.24) is 5.32 Å². The molecule has 0 spiro atoms. The fourth-order valence-corrected chi connectivity index (χ4v) is 2.33. The van der Waals surface area contributed by atoms with E-state index in [2.05, 4.69) is 67.7 Å². The molecule has 0 saturated carbocycles. The van der Waals surface area contributed by atoms with Gasteiger partial charge in [0.05, 0.1) is 0 Å². The minimum atomic E-state index is 0.620. The molecule has 112 valence electrons. The predicted octanol–water partition coefficient (Wildman–Crippen LogP) is 4.33. The smallest absolute Gasteiger partial charge is 0.119 e. The lowest BCUT2D eigenvalue weighted by Crippen LogP contribution is -2.13. The third-order valence-electron chi connectivity index (χ3n) is 3.54. The molecule has 0 amide bonds. The third kappa shape index (κ3) is 4.91. The Labute approximate surface area is 128 Å². The zero-order chi connectivity index (χ0) is 14.9. The molecule has 2 heteroatoms. The molecule has 0 saturated heterocycles. The second kappa shape index (κ2) is 8.48. The van der Waals surface area contributed by atoms with Crippen molar-refractivity contribution >= 4 is 0 Å². The Morgan fingerprint density at radius 1 is 0.905 bits per heavy atom. The van der Waals surface area contributed by atoms with Gasteiger partial charge in [0.25, 0.3) is 0 Å². The summed E-state index contributed by atoms with van der Waals surface area (Å²) in [5.74, 6) is 0.938. The molecule has 0 heterocycles. The quantitative estimate of drug-likeness (QED) is 0.778. The summed E-state index contributed by atoms with van der Waals surface area (Å²) in [7, 11) is 0. The van der Waals surface area contributed by atoms with Crippen molar-refractivity contribution < 1.29 is 4.74 Å². The topological polar surface area (TPSA) is 21.3 Å². The highest BCUT2D eigenvalue weighted by Crippen LogP contribution is 2.17. The van der Waals surface area contributed by atoms with Crippen molar-refractivity contribution in [2.24, 2.45) is 0 Å². The van der Waals surface area contributed by atoms with Crippen molar-refractivity contribution in [1.29, 1.82) is 0 Å². The lowest BCUT2D eigenvalue weighted by atomic mass is 10.1. The van der Waals surface area contributed by atoms with E-state index in [1.54, 1.807) is 0 Å². The van der Waals surface area contributed by atoms with Gasteiger partial charge in [0, 0.05) is 6.54 Å².